The summed E-state index contributed by atoms with van der Waals surface area (Å²) in [5.74, 6) is 1.27. The van der Waals surface area contributed by atoms with E-state index in [0.717, 1.165) is 11.3 Å². The second-order valence-corrected chi connectivity index (χ2v) is 5.85. The van der Waals surface area contributed by atoms with Gasteiger partial charge >= 0.3 is 6.09 Å². The van der Waals surface area contributed by atoms with E-state index in [-0.39, 0.29) is 13.2 Å². The van der Waals surface area contributed by atoms with E-state index in [1.807, 2.05) is 13.8 Å². The molecule has 1 aromatic carbocycles. The molecule has 0 saturated carbocycles. The standard InChI is InChI=1S/C17H19N3O6/c1-9-12(10(2)26-19-9)7-23-11-4-5-14-13(6-11)20(3)16(21)15(8-24-14)25-17(18)22/h4-6,15H,7-8H2,1-3H3,(H2,18,22)/t15-/m0/s1. The van der Waals surface area contributed by atoms with Crippen LogP contribution in [0, 0.1) is 13.8 Å². The van der Waals surface area contributed by atoms with E-state index in [9.17, 15) is 9.59 Å². The first-order valence-electron chi connectivity index (χ1n) is 7.92. The van der Waals surface area contributed by atoms with Gasteiger partial charge in [0.15, 0.2) is 0 Å². The molecule has 2 N–H and O–H groups in total. The molecule has 138 valence electrons. The van der Waals surface area contributed by atoms with Gasteiger partial charge in [-0.25, -0.2) is 4.79 Å². The zero-order valence-electron chi connectivity index (χ0n) is 14.6. The fraction of sp³-hybridized carbons (Fsp3) is 0.353. The third-order valence-electron chi connectivity index (χ3n) is 4.11. The molecule has 1 aliphatic rings. The molecular weight excluding hydrogens is 342 g/mol. The van der Waals surface area contributed by atoms with Crippen molar-refractivity contribution in [2.24, 2.45) is 5.73 Å². The number of anilines is 1. The van der Waals surface area contributed by atoms with Gasteiger partial charge in [0.05, 0.1) is 16.9 Å². The summed E-state index contributed by atoms with van der Waals surface area (Å²) < 4.78 is 21.3. The van der Waals surface area contributed by atoms with Crippen LogP contribution in [0.25, 0.3) is 0 Å². The maximum atomic E-state index is 12.4. The van der Waals surface area contributed by atoms with E-state index in [1.165, 1.54) is 4.90 Å². The molecular formula is C17H19N3O6. The van der Waals surface area contributed by atoms with Crippen molar-refractivity contribution in [3.63, 3.8) is 0 Å². The van der Waals surface area contributed by atoms with Crippen LogP contribution >= 0.6 is 0 Å². The Kier molecular flexibility index (Phi) is 4.70. The van der Waals surface area contributed by atoms with Gasteiger partial charge in [0.1, 0.15) is 30.5 Å². The van der Waals surface area contributed by atoms with Crippen LogP contribution in [0.15, 0.2) is 22.7 Å². The number of aromatic nitrogens is 1. The second kappa shape index (κ2) is 6.95. The van der Waals surface area contributed by atoms with Gasteiger partial charge in [-0.05, 0) is 26.0 Å². The van der Waals surface area contributed by atoms with Crippen LogP contribution in [0.4, 0.5) is 10.5 Å². The number of hydrogen-bond acceptors (Lipinski definition) is 7. The zero-order valence-corrected chi connectivity index (χ0v) is 14.6. The minimum Gasteiger partial charge on any atom is -0.489 e. The average molecular weight is 361 g/mol. The van der Waals surface area contributed by atoms with Gasteiger partial charge in [0, 0.05) is 13.1 Å². The Balaban J connectivity index is 1.79. The van der Waals surface area contributed by atoms with Crippen molar-refractivity contribution in [2.75, 3.05) is 18.6 Å². The quantitative estimate of drug-likeness (QED) is 0.880. The number of carbonyl (C=O) groups is 2. The van der Waals surface area contributed by atoms with Gasteiger partial charge in [-0.15, -0.1) is 0 Å². The van der Waals surface area contributed by atoms with Crippen LogP contribution in [-0.4, -0.2) is 36.9 Å². The van der Waals surface area contributed by atoms with Gasteiger partial charge in [0.25, 0.3) is 5.91 Å². The number of ether oxygens (including phenoxy) is 3. The van der Waals surface area contributed by atoms with Gasteiger partial charge < -0.3 is 29.4 Å². The normalized spacial score (nSPS) is 16.5. The molecule has 1 aromatic heterocycles. The molecule has 1 aliphatic heterocycles. The first kappa shape index (κ1) is 17.6. The summed E-state index contributed by atoms with van der Waals surface area (Å²) >= 11 is 0. The summed E-state index contributed by atoms with van der Waals surface area (Å²) in [5, 5.41) is 3.89. The molecule has 9 heteroatoms. The van der Waals surface area contributed by atoms with Crippen molar-refractivity contribution >= 4 is 17.7 Å². The van der Waals surface area contributed by atoms with E-state index in [1.54, 1.807) is 25.2 Å². The molecule has 0 aliphatic carbocycles. The Hall–Kier alpha value is -3.23. The summed E-state index contributed by atoms with van der Waals surface area (Å²) in [4.78, 5) is 24.7. The molecule has 2 heterocycles. The van der Waals surface area contributed by atoms with Gasteiger partial charge in [-0.3, -0.25) is 4.79 Å². The highest BCUT2D eigenvalue weighted by molar-refractivity contribution is 5.99. The minimum atomic E-state index is -1.10. The Morgan fingerprint density at radius 2 is 2.19 bits per heavy atom. The van der Waals surface area contributed by atoms with Crippen molar-refractivity contribution in [1.29, 1.82) is 0 Å². The minimum absolute atomic E-state index is 0.113. The van der Waals surface area contributed by atoms with Crippen molar-refractivity contribution in [2.45, 2.75) is 26.6 Å². The second-order valence-electron chi connectivity index (χ2n) is 5.85. The number of carbonyl (C=O) groups excluding carboxylic acids is 2. The van der Waals surface area contributed by atoms with Crippen molar-refractivity contribution in [3.05, 3.63) is 35.2 Å². The van der Waals surface area contributed by atoms with Gasteiger partial charge in [0.2, 0.25) is 6.10 Å². The number of primary amides is 1. The van der Waals surface area contributed by atoms with Crippen LogP contribution in [0.3, 0.4) is 0 Å². The van der Waals surface area contributed by atoms with E-state index in [2.05, 4.69) is 5.16 Å². The number of likely N-dealkylation sites (N-methyl/N-ethyl adjacent to an activating group) is 1. The Morgan fingerprint density at radius 1 is 1.42 bits per heavy atom. The predicted molar refractivity (Wildman–Crippen MR) is 90.1 cm³/mol. The first-order valence-corrected chi connectivity index (χ1v) is 7.92. The topological polar surface area (TPSA) is 117 Å². The zero-order chi connectivity index (χ0) is 18.8. The van der Waals surface area contributed by atoms with Gasteiger partial charge in [-0.2, -0.15) is 0 Å². The highest BCUT2D eigenvalue weighted by Gasteiger charge is 2.32. The summed E-state index contributed by atoms with van der Waals surface area (Å²) in [6.07, 6.45) is -2.13. The first-order chi connectivity index (χ1) is 12.4. The average Bonchev–Trinajstić information content (AvgIpc) is 2.88. The van der Waals surface area contributed by atoms with E-state index in [0.29, 0.717) is 22.9 Å². The molecule has 26 heavy (non-hydrogen) atoms. The summed E-state index contributed by atoms with van der Waals surface area (Å²) in [7, 11) is 1.56. The van der Waals surface area contributed by atoms with Crippen LogP contribution in [0.2, 0.25) is 0 Å². The number of rotatable bonds is 4. The lowest BCUT2D eigenvalue weighted by atomic mass is 10.2. The summed E-state index contributed by atoms with van der Waals surface area (Å²) in [5.41, 5.74) is 7.14. The highest BCUT2D eigenvalue weighted by atomic mass is 16.6. The Bertz CT molecular complexity index is 828. The van der Waals surface area contributed by atoms with E-state index >= 15 is 0 Å². The van der Waals surface area contributed by atoms with E-state index in [4.69, 9.17) is 24.5 Å². The van der Waals surface area contributed by atoms with Crippen LogP contribution < -0.4 is 20.1 Å². The number of benzene rings is 1. The summed E-state index contributed by atoms with van der Waals surface area (Å²) in [6, 6.07) is 5.09. The Morgan fingerprint density at radius 3 is 2.85 bits per heavy atom. The number of fused-ring (bicyclic) bond motifs is 1. The third kappa shape index (κ3) is 3.41. The lowest BCUT2D eigenvalue weighted by molar-refractivity contribution is -0.127. The molecule has 0 radical (unpaired) electrons. The molecule has 0 bridgehead atoms. The smallest absolute Gasteiger partial charge is 0.405 e. The van der Waals surface area contributed by atoms with Crippen molar-refractivity contribution < 1.29 is 28.3 Å². The summed E-state index contributed by atoms with van der Waals surface area (Å²) in [6.45, 7) is 3.82. The number of nitrogens with two attached hydrogens (primary N) is 1. The lowest BCUT2D eigenvalue weighted by Gasteiger charge is -2.19. The molecule has 0 fully saturated rings. The molecule has 2 aromatic rings. The van der Waals surface area contributed by atoms with E-state index < -0.39 is 18.1 Å². The van der Waals surface area contributed by atoms with Crippen LogP contribution in [0.1, 0.15) is 17.0 Å². The SMILES string of the molecule is Cc1noc(C)c1COc1ccc2c(c1)N(C)C(=O)[C@@H](OC(N)=O)CO2. The predicted octanol–water partition coefficient (Wildman–Crippen LogP) is 1.69. The fourth-order valence-corrected chi connectivity index (χ4v) is 2.63. The lowest BCUT2D eigenvalue weighted by Crippen LogP contribution is -2.41. The molecule has 0 unspecified atom stereocenters. The van der Waals surface area contributed by atoms with Crippen LogP contribution in [0.5, 0.6) is 11.5 Å². The maximum Gasteiger partial charge on any atom is 0.405 e. The van der Waals surface area contributed by atoms with Crippen molar-refractivity contribution in [3.8, 4) is 11.5 Å². The van der Waals surface area contributed by atoms with Crippen molar-refractivity contribution in [1.82, 2.24) is 5.16 Å². The molecule has 2 amide bonds. The fourth-order valence-electron chi connectivity index (χ4n) is 2.63. The Labute approximate surface area is 149 Å². The molecule has 3 rings (SSSR count). The number of amides is 2. The molecule has 9 nitrogen and oxygen atoms in total. The number of hydrogen-bond donors (Lipinski definition) is 1. The third-order valence-corrected chi connectivity index (χ3v) is 4.11. The molecule has 1 atom stereocenters. The highest BCUT2D eigenvalue weighted by Crippen LogP contribution is 2.35. The maximum absolute atomic E-state index is 12.4. The monoisotopic (exact) mass is 361 g/mol. The number of nitrogens with zero attached hydrogens (tertiary/aromatic N) is 2. The molecule has 0 saturated heterocycles. The molecule has 0 spiro atoms. The van der Waals surface area contributed by atoms with Crippen LogP contribution in [-0.2, 0) is 16.1 Å². The largest absolute Gasteiger partial charge is 0.489 e. The number of aryl methyl sites for hydroxylation is 2. The van der Waals surface area contributed by atoms with Gasteiger partial charge in [-0.1, -0.05) is 5.16 Å².